The predicted octanol–water partition coefficient (Wildman–Crippen LogP) is 3.82. The molecule has 2 nitrogen and oxygen atoms in total. The number of ketones is 1. The van der Waals surface area contributed by atoms with Gasteiger partial charge in [0.05, 0.1) is 5.69 Å². The number of anilines is 1. The molecule has 2 aliphatic heterocycles. The summed E-state index contributed by atoms with van der Waals surface area (Å²) in [5.41, 5.74) is 0.406. The summed E-state index contributed by atoms with van der Waals surface area (Å²) in [6.45, 7) is 0. The zero-order valence-corrected chi connectivity index (χ0v) is 11.9. The number of hydrogen-bond donors (Lipinski definition) is 0. The van der Waals surface area contributed by atoms with Crippen LogP contribution in [0.25, 0.3) is 0 Å². The molecule has 19 heavy (non-hydrogen) atoms. The van der Waals surface area contributed by atoms with E-state index >= 15 is 0 Å². The Balaban J connectivity index is 2.04. The molecular weight excluding hydrogens is 316 g/mol. The van der Waals surface area contributed by atoms with Crippen molar-refractivity contribution < 1.29 is 13.6 Å². The molecule has 3 rings (SSSR count). The van der Waals surface area contributed by atoms with Crippen molar-refractivity contribution in [3.8, 4) is 0 Å². The first-order chi connectivity index (χ1) is 9.06. The molecule has 0 spiro atoms. The fourth-order valence-corrected chi connectivity index (χ4v) is 3.93. The van der Waals surface area contributed by atoms with Gasteiger partial charge in [-0.25, -0.2) is 8.78 Å². The van der Waals surface area contributed by atoms with Crippen molar-refractivity contribution in [2.45, 2.75) is 44.2 Å². The lowest BCUT2D eigenvalue weighted by Gasteiger charge is -2.47. The van der Waals surface area contributed by atoms with Gasteiger partial charge in [0.1, 0.15) is 11.6 Å². The molecule has 1 aromatic carbocycles. The molecule has 0 N–H and O–H groups in total. The van der Waals surface area contributed by atoms with E-state index in [1.165, 1.54) is 6.07 Å². The summed E-state index contributed by atoms with van der Waals surface area (Å²) >= 11 is 3.25. The highest BCUT2D eigenvalue weighted by Crippen LogP contribution is 2.41. The van der Waals surface area contributed by atoms with Crippen LogP contribution in [0.4, 0.5) is 14.5 Å². The molecule has 2 unspecified atom stereocenters. The first-order valence-electron chi connectivity index (χ1n) is 6.51. The molecule has 0 saturated carbocycles. The van der Waals surface area contributed by atoms with E-state index in [1.54, 1.807) is 0 Å². The largest absolute Gasteiger partial charge is 0.361 e. The van der Waals surface area contributed by atoms with Gasteiger partial charge in [0.25, 0.3) is 0 Å². The standard InChI is InChI=1S/C14H14BrF2NO/c15-12-4-8(16)5-13(17)14(12)18-9-2-1-3-10(18)7-11(19)6-9/h4-5,9-10H,1-3,6-7H2. The van der Waals surface area contributed by atoms with Crippen molar-refractivity contribution in [2.24, 2.45) is 0 Å². The van der Waals surface area contributed by atoms with Crippen LogP contribution in [0.1, 0.15) is 32.1 Å². The molecule has 2 atom stereocenters. The molecule has 1 aromatic rings. The third kappa shape index (κ3) is 2.29. The van der Waals surface area contributed by atoms with Crippen molar-refractivity contribution in [1.29, 1.82) is 0 Å². The monoisotopic (exact) mass is 329 g/mol. The van der Waals surface area contributed by atoms with Crippen LogP contribution in [0, 0.1) is 11.6 Å². The summed E-state index contributed by atoms with van der Waals surface area (Å²) in [5.74, 6) is -0.894. The summed E-state index contributed by atoms with van der Waals surface area (Å²) < 4.78 is 27.7. The molecule has 0 radical (unpaired) electrons. The smallest absolute Gasteiger partial charge is 0.150 e. The predicted molar refractivity (Wildman–Crippen MR) is 72.2 cm³/mol. The van der Waals surface area contributed by atoms with Crippen molar-refractivity contribution in [3.05, 3.63) is 28.2 Å². The van der Waals surface area contributed by atoms with Gasteiger partial charge in [0, 0.05) is 35.5 Å². The van der Waals surface area contributed by atoms with Crippen LogP contribution in [-0.4, -0.2) is 17.9 Å². The normalized spacial score (nSPS) is 26.7. The number of hydrogen-bond acceptors (Lipinski definition) is 2. The second-order valence-corrected chi connectivity index (χ2v) is 6.17. The maximum atomic E-state index is 14.1. The number of fused-ring (bicyclic) bond motifs is 2. The number of halogens is 3. The minimum atomic E-state index is -0.591. The molecule has 2 saturated heterocycles. The number of piperidine rings is 2. The summed E-state index contributed by atoms with van der Waals surface area (Å²) in [4.78, 5) is 13.7. The SMILES string of the molecule is O=C1CC2CCCC(C1)N2c1c(F)cc(F)cc1Br. The van der Waals surface area contributed by atoms with Gasteiger partial charge in [-0.2, -0.15) is 0 Å². The maximum absolute atomic E-state index is 14.1. The van der Waals surface area contributed by atoms with Gasteiger partial charge >= 0.3 is 0 Å². The Hall–Kier alpha value is -0.970. The van der Waals surface area contributed by atoms with Crippen molar-refractivity contribution in [2.75, 3.05) is 4.90 Å². The zero-order valence-electron chi connectivity index (χ0n) is 10.3. The summed E-state index contributed by atoms with van der Waals surface area (Å²) in [5, 5.41) is 0. The quantitative estimate of drug-likeness (QED) is 0.780. The highest BCUT2D eigenvalue weighted by molar-refractivity contribution is 9.10. The Morgan fingerprint density at radius 1 is 1.16 bits per heavy atom. The second kappa shape index (κ2) is 4.85. The van der Waals surface area contributed by atoms with E-state index in [1.807, 2.05) is 4.90 Å². The number of Topliss-reactive ketones (excluding diaryl/α,β-unsaturated/α-hetero) is 1. The summed E-state index contributed by atoms with van der Waals surface area (Å²) in [6, 6.07) is 2.30. The minimum Gasteiger partial charge on any atom is -0.361 e. The number of carbonyl (C=O) groups excluding carboxylic acids is 1. The third-order valence-corrected chi connectivity index (χ3v) is 4.63. The Morgan fingerprint density at radius 3 is 2.37 bits per heavy atom. The van der Waals surface area contributed by atoms with Gasteiger partial charge in [-0.15, -0.1) is 0 Å². The minimum absolute atomic E-state index is 0.0521. The van der Waals surface area contributed by atoms with E-state index < -0.39 is 11.6 Å². The summed E-state index contributed by atoms with van der Waals surface area (Å²) in [7, 11) is 0. The Labute approximate surface area is 118 Å². The fraction of sp³-hybridized carbons (Fsp3) is 0.500. The van der Waals surface area contributed by atoms with Crippen LogP contribution in [0.15, 0.2) is 16.6 Å². The van der Waals surface area contributed by atoms with Gasteiger partial charge in [-0.1, -0.05) is 0 Å². The van der Waals surface area contributed by atoms with Crippen LogP contribution >= 0.6 is 15.9 Å². The molecule has 2 heterocycles. The number of rotatable bonds is 1. The molecule has 2 fully saturated rings. The van der Waals surface area contributed by atoms with Gasteiger partial charge in [-0.05, 0) is 41.3 Å². The molecule has 0 aromatic heterocycles. The third-order valence-electron chi connectivity index (χ3n) is 4.03. The van der Waals surface area contributed by atoms with Crippen LogP contribution in [0.3, 0.4) is 0 Å². The van der Waals surface area contributed by atoms with Crippen molar-refractivity contribution in [1.82, 2.24) is 0 Å². The van der Waals surface area contributed by atoms with Crippen LogP contribution in [-0.2, 0) is 4.79 Å². The van der Waals surface area contributed by atoms with Gasteiger partial charge in [0.2, 0.25) is 0 Å². The molecule has 5 heteroatoms. The molecule has 102 valence electrons. The molecular formula is C14H14BrF2NO. The second-order valence-electron chi connectivity index (χ2n) is 5.31. The average molecular weight is 330 g/mol. The fourth-order valence-electron chi connectivity index (χ4n) is 3.32. The highest BCUT2D eigenvalue weighted by Gasteiger charge is 2.39. The highest BCUT2D eigenvalue weighted by atomic mass is 79.9. The van der Waals surface area contributed by atoms with E-state index in [0.29, 0.717) is 23.0 Å². The number of carbonyl (C=O) groups is 1. The Bertz CT molecular complexity index is 495. The molecule has 0 amide bonds. The van der Waals surface area contributed by atoms with Gasteiger partial charge in [0.15, 0.2) is 5.82 Å². The first-order valence-corrected chi connectivity index (χ1v) is 7.30. The lowest BCUT2D eigenvalue weighted by atomic mass is 9.83. The van der Waals surface area contributed by atoms with Crippen LogP contribution in [0.2, 0.25) is 0 Å². The average Bonchev–Trinajstić information content (AvgIpc) is 2.28. The molecule has 2 bridgehead atoms. The van der Waals surface area contributed by atoms with E-state index in [9.17, 15) is 13.6 Å². The zero-order chi connectivity index (χ0) is 13.6. The molecule has 2 aliphatic rings. The van der Waals surface area contributed by atoms with E-state index in [0.717, 1.165) is 25.3 Å². The maximum Gasteiger partial charge on any atom is 0.150 e. The lowest BCUT2D eigenvalue weighted by Crippen LogP contribution is -2.53. The van der Waals surface area contributed by atoms with Crippen molar-refractivity contribution >= 4 is 27.4 Å². The van der Waals surface area contributed by atoms with Crippen molar-refractivity contribution in [3.63, 3.8) is 0 Å². The Kier molecular flexibility index (Phi) is 3.33. The first kappa shape index (κ1) is 13.0. The van der Waals surface area contributed by atoms with Crippen LogP contribution < -0.4 is 4.90 Å². The van der Waals surface area contributed by atoms with E-state index in [-0.39, 0.29) is 17.9 Å². The lowest BCUT2D eigenvalue weighted by molar-refractivity contribution is -0.121. The Morgan fingerprint density at radius 2 is 1.79 bits per heavy atom. The number of benzene rings is 1. The number of nitrogens with zero attached hydrogens (tertiary/aromatic N) is 1. The molecule has 0 aliphatic carbocycles. The van der Waals surface area contributed by atoms with E-state index in [4.69, 9.17) is 0 Å². The summed E-state index contributed by atoms with van der Waals surface area (Å²) in [6.07, 6.45) is 3.80. The van der Waals surface area contributed by atoms with E-state index in [2.05, 4.69) is 15.9 Å². The van der Waals surface area contributed by atoms with Gasteiger partial charge < -0.3 is 4.90 Å². The van der Waals surface area contributed by atoms with Gasteiger partial charge in [-0.3, -0.25) is 4.79 Å². The topological polar surface area (TPSA) is 20.3 Å². The van der Waals surface area contributed by atoms with Crippen LogP contribution in [0.5, 0.6) is 0 Å².